The smallest absolute Gasteiger partial charge is 0.351 e. The van der Waals surface area contributed by atoms with Gasteiger partial charge in [0.25, 0.3) is 5.91 Å². The molecule has 0 spiro atoms. The van der Waals surface area contributed by atoms with Crippen LogP contribution in [0.2, 0.25) is 5.02 Å². The topological polar surface area (TPSA) is 94.6 Å². The van der Waals surface area contributed by atoms with E-state index in [0.717, 1.165) is 18.7 Å². The lowest BCUT2D eigenvalue weighted by atomic mass is 10.1. The van der Waals surface area contributed by atoms with Crippen molar-refractivity contribution in [2.45, 2.75) is 52.0 Å². The minimum absolute atomic E-state index is 0.165. The van der Waals surface area contributed by atoms with Crippen LogP contribution in [-0.4, -0.2) is 80.0 Å². The number of anilines is 1. The molecule has 2 fully saturated rings. The van der Waals surface area contributed by atoms with Gasteiger partial charge in [-0.15, -0.1) is 0 Å². The summed E-state index contributed by atoms with van der Waals surface area (Å²) < 4.78 is 21.5. The van der Waals surface area contributed by atoms with Gasteiger partial charge in [-0.25, -0.2) is 4.79 Å². The number of esters is 2. The van der Waals surface area contributed by atoms with Gasteiger partial charge in [-0.05, 0) is 44.5 Å². The Hall–Kier alpha value is -2.20. The van der Waals surface area contributed by atoms with Crippen LogP contribution in [0.4, 0.5) is 5.69 Å². The molecule has 0 aliphatic carbocycles. The summed E-state index contributed by atoms with van der Waals surface area (Å²) in [5.74, 6) is -2.03. The molecule has 182 valence electrons. The number of benzene rings is 1. The van der Waals surface area contributed by atoms with Crippen LogP contribution in [0.25, 0.3) is 0 Å². The van der Waals surface area contributed by atoms with Gasteiger partial charge in [0.1, 0.15) is 5.60 Å². The normalized spacial score (nSPS) is 20.9. The molecular weight excluding hydrogens is 452 g/mol. The molecule has 0 aromatic heterocycles. The van der Waals surface area contributed by atoms with Gasteiger partial charge < -0.3 is 23.8 Å². The number of hydrogen-bond donors (Lipinski definition) is 0. The molecule has 1 aromatic rings. The lowest BCUT2D eigenvalue weighted by Gasteiger charge is -2.36. The Morgan fingerprint density at radius 2 is 1.88 bits per heavy atom. The third-order valence-corrected chi connectivity index (χ3v) is 5.54. The van der Waals surface area contributed by atoms with E-state index in [1.54, 1.807) is 32.9 Å². The number of carbonyl (C=O) groups excluding carboxylic acids is 3. The van der Waals surface area contributed by atoms with Gasteiger partial charge in [-0.1, -0.05) is 11.6 Å². The Labute approximate surface area is 198 Å². The summed E-state index contributed by atoms with van der Waals surface area (Å²) >= 11 is 6.43. The molecule has 2 atom stereocenters. The first-order valence-corrected chi connectivity index (χ1v) is 11.3. The van der Waals surface area contributed by atoms with E-state index >= 15 is 0 Å². The molecular formula is C23H31ClN2O7. The summed E-state index contributed by atoms with van der Waals surface area (Å²) in [4.78, 5) is 41.5. The van der Waals surface area contributed by atoms with Crippen LogP contribution in [0.5, 0.6) is 0 Å². The molecule has 2 aliphatic rings. The first-order valence-electron chi connectivity index (χ1n) is 11.0. The zero-order valence-electron chi connectivity index (χ0n) is 19.5. The molecule has 2 saturated heterocycles. The van der Waals surface area contributed by atoms with E-state index in [1.165, 1.54) is 11.8 Å². The van der Waals surface area contributed by atoms with Gasteiger partial charge in [0.15, 0.2) is 6.10 Å². The summed E-state index contributed by atoms with van der Waals surface area (Å²) in [7, 11) is 0. The lowest BCUT2D eigenvalue weighted by molar-refractivity contribution is -0.188. The fourth-order valence-electron chi connectivity index (χ4n) is 3.70. The van der Waals surface area contributed by atoms with E-state index in [9.17, 15) is 14.4 Å². The number of amides is 1. The molecule has 9 nitrogen and oxygen atoms in total. The van der Waals surface area contributed by atoms with Gasteiger partial charge in [0.2, 0.25) is 6.10 Å². The Bertz CT molecular complexity index is 880. The highest BCUT2D eigenvalue weighted by molar-refractivity contribution is 6.31. The second-order valence-corrected chi connectivity index (χ2v) is 9.42. The highest BCUT2D eigenvalue weighted by Gasteiger charge is 2.44. The minimum Gasteiger partial charge on any atom is -0.457 e. The average Bonchev–Trinajstić information content (AvgIpc) is 2.73. The minimum atomic E-state index is -1.50. The van der Waals surface area contributed by atoms with Crippen molar-refractivity contribution >= 4 is 35.1 Å². The number of rotatable bonds is 6. The first kappa shape index (κ1) is 25.4. The van der Waals surface area contributed by atoms with Gasteiger partial charge in [0, 0.05) is 43.8 Å². The van der Waals surface area contributed by atoms with Crippen LogP contribution >= 0.6 is 11.6 Å². The molecule has 33 heavy (non-hydrogen) atoms. The van der Waals surface area contributed by atoms with E-state index in [2.05, 4.69) is 4.90 Å². The third kappa shape index (κ3) is 6.89. The molecule has 1 aromatic carbocycles. The number of ether oxygens (including phenoxy) is 4. The maximum absolute atomic E-state index is 13.3. The molecule has 2 aliphatic heterocycles. The van der Waals surface area contributed by atoms with Crippen LogP contribution in [0.15, 0.2) is 18.2 Å². The summed E-state index contributed by atoms with van der Waals surface area (Å²) in [6.07, 6.45) is -2.81. The summed E-state index contributed by atoms with van der Waals surface area (Å²) in [5, 5.41) is 0.606. The molecule has 0 bridgehead atoms. The Kier molecular flexibility index (Phi) is 8.33. The molecule has 0 saturated carbocycles. The van der Waals surface area contributed by atoms with Crippen molar-refractivity contribution in [1.29, 1.82) is 0 Å². The Balaban J connectivity index is 1.81. The molecule has 0 N–H and O–H groups in total. The number of morpholine rings is 2. The molecule has 10 heteroatoms. The number of hydrogen-bond acceptors (Lipinski definition) is 8. The summed E-state index contributed by atoms with van der Waals surface area (Å²) in [5.41, 5.74) is 0.694. The number of halogens is 1. The highest BCUT2D eigenvalue weighted by atomic mass is 35.5. The molecule has 0 radical (unpaired) electrons. The van der Waals surface area contributed by atoms with E-state index in [4.69, 9.17) is 30.5 Å². The fourth-order valence-corrected chi connectivity index (χ4v) is 3.88. The Morgan fingerprint density at radius 3 is 2.52 bits per heavy atom. The Morgan fingerprint density at radius 1 is 1.18 bits per heavy atom. The lowest BCUT2D eigenvalue weighted by Crippen LogP contribution is -2.56. The summed E-state index contributed by atoms with van der Waals surface area (Å²) in [6.45, 7) is 10.3. The first-order chi connectivity index (χ1) is 15.5. The number of carbonyl (C=O) groups is 3. The molecule has 1 amide bonds. The third-order valence-electron chi connectivity index (χ3n) is 5.17. The zero-order chi connectivity index (χ0) is 24.2. The standard InChI is InChI=1S/C23H31ClN2O7/c1-15(27)32-20(22(29)33-23(2,3)4)19-21(28)26(9-12-31-19)17-5-6-18(24)16(13-17)14-25-7-10-30-11-8-25/h5-6,13,19-20H,7-12,14H2,1-4H3/t19-,20?/m1/s1. The van der Waals surface area contributed by atoms with E-state index in [0.29, 0.717) is 30.5 Å². The van der Waals surface area contributed by atoms with Crippen molar-refractivity contribution in [3.63, 3.8) is 0 Å². The zero-order valence-corrected chi connectivity index (χ0v) is 20.2. The van der Waals surface area contributed by atoms with Gasteiger partial charge in [-0.3, -0.25) is 14.5 Å². The van der Waals surface area contributed by atoms with Crippen molar-refractivity contribution in [1.82, 2.24) is 4.90 Å². The van der Waals surface area contributed by atoms with E-state index in [-0.39, 0.29) is 13.2 Å². The van der Waals surface area contributed by atoms with E-state index in [1.807, 2.05) is 6.07 Å². The predicted octanol–water partition coefficient (Wildman–Crippen LogP) is 2.18. The van der Waals surface area contributed by atoms with Gasteiger partial charge in [0.05, 0.1) is 19.8 Å². The number of nitrogens with zero attached hydrogens (tertiary/aromatic N) is 2. The molecule has 3 rings (SSSR count). The predicted molar refractivity (Wildman–Crippen MR) is 121 cm³/mol. The van der Waals surface area contributed by atoms with Crippen LogP contribution in [0.3, 0.4) is 0 Å². The van der Waals surface area contributed by atoms with Crippen molar-refractivity contribution in [2.75, 3.05) is 44.4 Å². The van der Waals surface area contributed by atoms with Crippen LogP contribution in [0, 0.1) is 0 Å². The van der Waals surface area contributed by atoms with Crippen LogP contribution < -0.4 is 4.90 Å². The van der Waals surface area contributed by atoms with Crippen molar-refractivity contribution in [3.8, 4) is 0 Å². The SMILES string of the molecule is CC(=O)OC(C(=O)OC(C)(C)C)[C@H]1OCCN(c2ccc(Cl)c(CN3CCOCC3)c2)C1=O. The van der Waals surface area contributed by atoms with Gasteiger partial charge >= 0.3 is 11.9 Å². The highest BCUT2D eigenvalue weighted by Crippen LogP contribution is 2.28. The second-order valence-electron chi connectivity index (χ2n) is 9.01. The van der Waals surface area contributed by atoms with Crippen molar-refractivity contribution < 1.29 is 33.3 Å². The monoisotopic (exact) mass is 482 g/mol. The summed E-state index contributed by atoms with van der Waals surface area (Å²) in [6, 6.07) is 5.37. The average molecular weight is 483 g/mol. The largest absolute Gasteiger partial charge is 0.457 e. The quantitative estimate of drug-likeness (QED) is 0.569. The maximum Gasteiger partial charge on any atom is 0.351 e. The van der Waals surface area contributed by atoms with E-state index < -0.39 is 35.7 Å². The van der Waals surface area contributed by atoms with Crippen molar-refractivity contribution in [3.05, 3.63) is 28.8 Å². The second kappa shape index (κ2) is 10.8. The molecule has 1 unspecified atom stereocenters. The van der Waals surface area contributed by atoms with Gasteiger partial charge in [-0.2, -0.15) is 0 Å². The molecule has 2 heterocycles. The maximum atomic E-state index is 13.3. The fraction of sp³-hybridized carbons (Fsp3) is 0.609. The van der Waals surface area contributed by atoms with Crippen LogP contribution in [0.1, 0.15) is 33.3 Å². The van der Waals surface area contributed by atoms with Crippen molar-refractivity contribution in [2.24, 2.45) is 0 Å². The van der Waals surface area contributed by atoms with Crippen LogP contribution in [-0.2, 0) is 39.9 Å².